The first-order chi connectivity index (χ1) is 10.6. The Labute approximate surface area is 133 Å². The number of benzene rings is 1. The highest BCUT2D eigenvalue weighted by atomic mass is 19.4. The van der Waals surface area contributed by atoms with Crippen molar-refractivity contribution in [3.63, 3.8) is 0 Å². The predicted molar refractivity (Wildman–Crippen MR) is 78.8 cm³/mol. The molecule has 0 bridgehead atoms. The molecule has 0 spiro atoms. The molecular formula is C17H20F3NO2. The molecule has 3 nitrogen and oxygen atoms in total. The van der Waals surface area contributed by atoms with Gasteiger partial charge in [-0.1, -0.05) is 19.9 Å². The van der Waals surface area contributed by atoms with Crippen LogP contribution in [0.1, 0.15) is 55.8 Å². The van der Waals surface area contributed by atoms with Crippen molar-refractivity contribution in [1.29, 1.82) is 0 Å². The van der Waals surface area contributed by atoms with Crippen molar-refractivity contribution in [2.75, 3.05) is 6.54 Å². The number of aliphatic hydroxyl groups is 1. The van der Waals surface area contributed by atoms with E-state index < -0.39 is 29.3 Å². The van der Waals surface area contributed by atoms with Crippen molar-refractivity contribution < 1.29 is 23.1 Å². The van der Waals surface area contributed by atoms with Gasteiger partial charge in [-0.25, -0.2) is 0 Å². The molecule has 0 aromatic heterocycles. The van der Waals surface area contributed by atoms with E-state index in [4.69, 9.17) is 0 Å². The normalized spacial score (nSPS) is 27.2. The summed E-state index contributed by atoms with van der Waals surface area (Å²) in [6.45, 7) is 3.99. The number of aliphatic hydroxyl groups excluding tert-OH is 1. The number of amides is 1. The SMILES string of the molecule is CC1(C)c2cc(C(F)(F)F)ccc2[C@@H](N2CCCCC2=O)[C@@H]1O. The van der Waals surface area contributed by atoms with Crippen LogP contribution in [0.25, 0.3) is 0 Å². The van der Waals surface area contributed by atoms with E-state index >= 15 is 0 Å². The molecule has 1 aliphatic heterocycles. The Morgan fingerprint density at radius 2 is 1.96 bits per heavy atom. The summed E-state index contributed by atoms with van der Waals surface area (Å²) in [4.78, 5) is 13.8. The summed E-state index contributed by atoms with van der Waals surface area (Å²) in [6, 6.07) is 3.01. The Kier molecular flexibility index (Phi) is 3.71. The van der Waals surface area contributed by atoms with Crippen molar-refractivity contribution in [2.45, 2.75) is 56.8 Å². The first-order valence-electron chi connectivity index (χ1n) is 7.83. The first kappa shape index (κ1) is 16.3. The lowest BCUT2D eigenvalue weighted by Crippen LogP contribution is -2.44. The zero-order valence-electron chi connectivity index (χ0n) is 13.2. The maximum absolute atomic E-state index is 13.0. The van der Waals surface area contributed by atoms with Crippen LogP contribution >= 0.6 is 0 Å². The molecule has 0 radical (unpaired) electrons. The molecule has 1 fully saturated rings. The minimum Gasteiger partial charge on any atom is -0.390 e. The Hall–Kier alpha value is -1.56. The number of fused-ring (bicyclic) bond motifs is 1. The molecule has 23 heavy (non-hydrogen) atoms. The van der Waals surface area contributed by atoms with E-state index in [1.165, 1.54) is 6.07 Å². The van der Waals surface area contributed by atoms with Gasteiger partial charge in [-0.3, -0.25) is 4.79 Å². The molecule has 2 atom stereocenters. The van der Waals surface area contributed by atoms with E-state index in [-0.39, 0.29) is 5.91 Å². The fraction of sp³-hybridized carbons (Fsp3) is 0.588. The van der Waals surface area contributed by atoms with Gasteiger partial charge in [-0.15, -0.1) is 0 Å². The number of hydrogen-bond acceptors (Lipinski definition) is 2. The van der Waals surface area contributed by atoms with E-state index in [0.29, 0.717) is 24.1 Å². The van der Waals surface area contributed by atoms with E-state index in [2.05, 4.69) is 0 Å². The molecule has 6 heteroatoms. The van der Waals surface area contributed by atoms with Crippen molar-refractivity contribution in [2.24, 2.45) is 0 Å². The van der Waals surface area contributed by atoms with Crippen LogP contribution in [0.2, 0.25) is 0 Å². The molecule has 0 unspecified atom stereocenters. The van der Waals surface area contributed by atoms with Crippen LogP contribution in [-0.4, -0.2) is 28.6 Å². The molecule has 1 N–H and O–H groups in total. The maximum atomic E-state index is 13.0. The van der Waals surface area contributed by atoms with Gasteiger partial charge < -0.3 is 10.0 Å². The number of carbonyl (C=O) groups excluding carboxylic acids is 1. The number of nitrogens with zero attached hydrogens (tertiary/aromatic N) is 1. The Bertz CT molecular complexity index is 639. The Morgan fingerprint density at radius 3 is 2.57 bits per heavy atom. The number of hydrogen-bond donors (Lipinski definition) is 1. The third-order valence-electron chi connectivity index (χ3n) is 5.13. The number of carbonyl (C=O) groups is 1. The lowest BCUT2D eigenvalue weighted by atomic mass is 9.83. The molecule has 1 saturated heterocycles. The average Bonchev–Trinajstić information content (AvgIpc) is 2.67. The Balaban J connectivity index is 2.08. The number of piperidine rings is 1. The van der Waals surface area contributed by atoms with E-state index in [1.807, 2.05) is 0 Å². The lowest BCUT2D eigenvalue weighted by molar-refractivity contribution is -0.139. The minimum absolute atomic E-state index is 0.0381. The van der Waals surface area contributed by atoms with Crippen LogP contribution in [0.4, 0.5) is 13.2 Å². The molecular weight excluding hydrogens is 307 g/mol. The summed E-state index contributed by atoms with van der Waals surface area (Å²) in [5, 5.41) is 10.7. The maximum Gasteiger partial charge on any atom is 0.416 e. The van der Waals surface area contributed by atoms with E-state index in [9.17, 15) is 23.1 Å². The predicted octanol–water partition coefficient (Wildman–Crippen LogP) is 3.41. The molecule has 1 amide bonds. The molecule has 3 rings (SSSR count). The van der Waals surface area contributed by atoms with Gasteiger partial charge in [0.15, 0.2) is 0 Å². The second-order valence-corrected chi connectivity index (χ2v) is 6.96. The van der Waals surface area contributed by atoms with E-state index in [1.54, 1.807) is 18.7 Å². The first-order valence-corrected chi connectivity index (χ1v) is 7.83. The average molecular weight is 327 g/mol. The summed E-state index contributed by atoms with van der Waals surface area (Å²) >= 11 is 0. The second kappa shape index (κ2) is 5.23. The minimum atomic E-state index is -4.42. The molecule has 1 heterocycles. The number of likely N-dealkylation sites (tertiary alicyclic amines) is 1. The van der Waals surface area contributed by atoms with Crippen molar-refractivity contribution in [3.8, 4) is 0 Å². The van der Waals surface area contributed by atoms with Gasteiger partial charge in [0.05, 0.1) is 17.7 Å². The smallest absolute Gasteiger partial charge is 0.390 e. The summed E-state index contributed by atoms with van der Waals surface area (Å²) in [6.07, 6.45) is -3.23. The van der Waals surface area contributed by atoms with Crippen LogP contribution in [0, 0.1) is 0 Å². The standard InChI is InChI=1S/C17H20F3NO2/c1-16(2)12-9-10(17(18,19)20)6-7-11(12)14(15(16)23)21-8-4-3-5-13(21)22/h6-7,9,14-15,23H,3-5,8H2,1-2H3/t14-,15+/m1/s1. The van der Waals surface area contributed by atoms with Gasteiger partial charge in [-0.05, 0) is 36.1 Å². The zero-order chi connectivity index (χ0) is 17.0. The van der Waals surface area contributed by atoms with Crippen LogP contribution in [0.15, 0.2) is 18.2 Å². The molecule has 1 aromatic rings. The van der Waals surface area contributed by atoms with Gasteiger partial charge >= 0.3 is 6.18 Å². The number of rotatable bonds is 1. The Morgan fingerprint density at radius 1 is 1.26 bits per heavy atom. The quantitative estimate of drug-likeness (QED) is 0.859. The van der Waals surface area contributed by atoms with Gasteiger partial charge in [0.25, 0.3) is 0 Å². The van der Waals surface area contributed by atoms with Crippen molar-refractivity contribution in [3.05, 3.63) is 34.9 Å². The van der Waals surface area contributed by atoms with Crippen LogP contribution in [-0.2, 0) is 16.4 Å². The highest BCUT2D eigenvalue weighted by Gasteiger charge is 2.50. The highest BCUT2D eigenvalue weighted by Crippen LogP contribution is 2.49. The fourth-order valence-corrected chi connectivity index (χ4v) is 3.73. The summed E-state index contributed by atoms with van der Waals surface area (Å²) < 4.78 is 39.0. The molecule has 2 aliphatic rings. The third-order valence-corrected chi connectivity index (χ3v) is 5.13. The summed E-state index contributed by atoms with van der Waals surface area (Å²) in [5.41, 5.74) is -0.449. The van der Waals surface area contributed by atoms with Crippen molar-refractivity contribution in [1.82, 2.24) is 4.90 Å². The summed E-state index contributed by atoms with van der Waals surface area (Å²) in [5.74, 6) is -0.0381. The molecule has 126 valence electrons. The van der Waals surface area contributed by atoms with Crippen LogP contribution in [0.3, 0.4) is 0 Å². The van der Waals surface area contributed by atoms with Crippen LogP contribution < -0.4 is 0 Å². The molecule has 0 saturated carbocycles. The third kappa shape index (κ3) is 2.53. The van der Waals surface area contributed by atoms with Gasteiger partial charge in [-0.2, -0.15) is 13.2 Å². The second-order valence-electron chi connectivity index (χ2n) is 6.96. The van der Waals surface area contributed by atoms with Gasteiger partial charge in [0.1, 0.15) is 0 Å². The highest BCUT2D eigenvalue weighted by molar-refractivity contribution is 5.78. The molecule has 1 aliphatic carbocycles. The fourth-order valence-electron chi connectivity index (χ4n) is 3.73. The monoisotopic (exact) mass is 327 g/mol. The lowest BCUT2D eigenvalue weighted by Gasteiger charge is -2.37. The van der Waals surface area contributed by atoms with Crippen LogP contribution in [0.5, 0.6) is 0 Å². The number of halogens is 3. The van der Waals surface area contributed by atoms with Crippen molar-refractivity contribution >= 4 is 5.91 Å². The zero-order valence-corrected chi connectivity index (χ0v) is 13.2. The van der Waals surface area contributed by atoms with Gasteiger partial charge in [0.2, 0.25) is 5.91 Å². The summed E-state index contributed by atoms with van der Waals surface area (Å²) in [7, 11) is 0. The van der Waals surface area contributed by atoms with E-state index in [0.717, 1.165) is 25.0 Å². The van der Waals surface area contributed by atoms with Gasteiger partial charge in [0, 0.05) is 18.4 Å². The molecule has 1 aromatic carbocycles. The largest absolute Gasteiger partial charge is 0.416 e. The number of alkyl halides is 3. The topological polar surface area (TPSA) is 40.5 Å².